The zero-order valence-electron chi connectivity index (χ0n) is 29.1. The lowest BCUT2D eigenvalue weighted by atomic mass is 9.97. The topological polar surface area (TPSA) is 116 Å². The van der Waals surface area contributed by atoms with Crippen LogP contribution in [-0.2, 0) is 9.59 Å². The fraction of sp³-hybridized carbons (Fsp3) is 0.474. The van der Waals surface area contributed by atoms with Crippen molar-refractivity contribution in [3.05, 3.63) is 72.6 Å². The lowest BCUT2D eigenvalue weighted by Gasteiger charge is -2.16. The van der Waals surface area contributed by atoms with E-state index in [-0.39, 0.29) is 36.5 Å². The molecule has 0 saturated carbocycles. The number of nitrogens with zero attached hydrogens (tertiary/aromatic N) is 2. The van der Waals surface area contributed by atoms with Crippen LogP contribution < -0.4 is 10.6 Å². The Hall–Kier alpha value is -4.41. The smallest absolute Gasteiger partial charge is 0.356 e. The summed E-state index contributed by atoms with van der Waals surface area (Å²) in [6.07, 6.45) is 0.0349. The van der Waals surface area contributed by atoms with Crippen LogP contribution in [0.4, 0.5) is 13.2 Å². The number of carbonyl (C=O) groups is 2. The summed E-state index contributed by atoms with van der Waals surface area (Å²) in [5.41, 5.74) is 5.40. The van der Waals surface area contributed by atoms with E-state index in [1.807, 2.05) is 68.6 Å². The highest BCUT2D eigenvalue weighted by Crippen LogP contribution is 2.32. The average Bonchev–Trinajstić information content (AvgIpc) is 3.76. The highest BCUT2D eigenvalue weighted by Gasteiger charge is 2.30. The molecule has 4 N–H and O–H groups in total. The maximum absolute atomic E-state index is 13.1. The number of nitrogens with one attached hydrogen (secondary N) is 4. The third-order valence-corrected chi connectivity index (χ3v) is 8.38. The van der Waals surface area contributed by atoms with Crippen molar-refractivity contribution in [2.75, 3.05) is 13.1 Å². The zero-order valence-corrected chi connectivity index (χ0v) is 29.1. The summed E-state index contributed by atoms with van der Waals surface area (Å²) in [5.74, 6) is 0.922. The first-order valence-electron chi connectivity index (χ1n) is 17.2. The quantitative estimate of drug-likeness (QED) is 0.0894. The van der Waals surface area contributed by atoms with Crippen molar-refractivity contribution >= 4 is 11.8 Å². The first-order valence-corrected chi connectivity index (χ1v) is 17.2. The monoisotopic (exact) mass is 678 g/mol. The van der Waals surface area contributed by atoms with Crippen LogP contribution in [0.3, 0.4) is 0 Å². The third kappa shape index (κ3) is 11.6. The Morgan fingerprint density at radius 2 is 1.06 bits per heavy atom. The number of hydrogen-bond acceptors (Lipinski definition) is 4. The van der Waals surface area contributed by atoms with Gasteiger partial charge < -0.3 is 20.6 Å². The van der Waals surface area contributed by atoms with E-state index in [0.717, 1.165) is 46.6 Å². The molecule has 2 atom stereocenters. The van der Waals surface area contributed by atoms with Crippen LogP contribution in [0.2, 0.25) is 0 Å². The largest absolute Gasteiger partial charge is 0.389 e. The minimum absolute atomic E-state index is 0.0228. The van der Waals surface area contributed by atoms with Crippen molar-refractivity contribution < 1.29 is 22.8 Å². The molecule has 8 nitrogen and oxygen atoms in total. The molecule has 0 aliphatic rings. The van der Waals surface area contributed by atoms with E-state index in [9.17, 15) is 22.8 Å². The summed E-state index contributed by atoms with van der Waals surface area (Å²) in [4.78, 5) is 40.6. The van der Waals surface area contributed by atoms with E-state index in [0.29, 0.717) is 36.9 Å². The van der Waals surface area contributed by atoms with E-state index in [2.05, 4.69) is 51.3 Å². The van der Waals surface area contributed by atoms with Gasteiger partial charge in [0.1, 0.15) is 11.6 Å². The van der Waals surface area contributed by atoms with Gasteiger partial charge in [0.05, 0.1) is 23.8 Å². The van der Waals surface area contributed by atoms with Crippen molar-refractivity contribution in [1.29, 1.82) is 0 Å². The van der Waals surface area contributed by atoms with Gasteiger partial charge in [0.2, 0.25) is 11.8 Å². The second kappa shape index (κ2) is 17.3. The van der Waals surface area contributed by atoms with Crippen molar-refractivity contribution in [2.45, 2.75) is 91.2 Å². The fourth-order valence-electron chi connectivity index (χ4n) is 5.65. The first kappa shape index (κ1) is 37.4. The number of aromatic amines is 2. The summed E-state index contributed by atoms with van der Waals surface area (Å²) in [6, 6.07) is 16.0. The fourth-order valence-corrected chi connectivity index (χ4v) is 5.65. The number of carbonyl (C=O) groups excluding carboxylic acids is 2. The second-order valence-corrected chi connectivity index (χ2v) is 13.7. The zero-order chi connectivity index (χ0) is 35.6. The van der Waals surface area contributed by atoms with Crippen molar-refractivity contribution in [3.8, 4) is 33.6 Å². The molecule has 49 heavy (non-hydrogen) atoms. The number of H-pyrrole nitrogens is 2. The number of hydrogen-bond donors (Lipinski definition) is 4. The van der Waals surface area contributed by atoms with Crippen LogP contribution in [0.25, 0.3) is 33.6 Å². The molecule has 2 aromatic heterocycles. The molecule has 2 aromatic carbocycles. The number of halogens is 3. The molecule has 0 aliphatic heterocycles. The Morgan fingerprint density at radius 1 is 0.673 bits per heavy atom. The minimum Gasteiger partial charge on any atom is -0.356 e. The Kier molecular flexibility index (Phi) is 13.2. The lowest BCUT2D eigenvalue weighted by molar-refractivity contribution is -0.137. The molecule has 4 rings (SSSR count). The number of amides is 2. The van der Waals surface area contributed by atoms with Crippen molar-refractivity contribution in [3.63, 3.8) is 0 Å². The molecule has 0 fully saturated rings. The van der Waals surface area contributed by atoms with Gasteiger partial charge in [0.15, 0.2) is 0 Å². The Balaban J connectivity index is 1.42. The minimum atomic E-state index is -4.32. The molecule has 0 unspecified atom stereocenters. The maximum Gasteiger partial charge on any atom is 0.389 e. The number of aromatic nitrogens is 4. The highest BCUT2D eigenvalue weighted by molar-refractivity contribution is 5.77. The standard InChI is InChI=1S/C38H49F3N6O2/c1-6-7-30(18-34(48)42-20-24(2)3)36-44-22-32(46-36)28-12-8-26(9-13-28)27-10-14-29(15-11-27)33-23-45-37(47-33)31(16-17-38(39,40)41)19-35(49)43-21-25(4)5/h8-15,22-25,30-31H,6-7,16-21H2,1-5H3,(H,42,48)(H,43,49)(H,44,46)(H,45,47)/t30-,31-/m1/s1. The van der Waals surface area contributed by atoms with Crippen LogP contribution in [0, 0.1) is 11.8 Å². The van der Waals surface area contributed by atoms with Gasteiger partial charge in [-0.15, -0.1) is 0 Å². The first-order chi connectivity index (χ1) is 23.3. The van der Waals surface area contributed by atoms with Gasteiger partial charge in [-0.25, -0.2) is 9.97 Å². The van der Waals surface area contributed by atoms with Crippen molar-refractivity contribution in [2.24, 2.45) is 11.8 Å². The number of rotatable bonds is 17. The molecule has 2 heterocycles. The van der Waals surface area contributed by atoms with E-state index in [1.54, 1.807) is 6.20 Å². The molecule has 264 valence electrons. The molecule has 0 radical (unpaired) electrons. The molecule has 11 heteroatoms. The van der Waals surface area contributed by atoms with Crippen LogP contribution in [0.5, 0.6) is 0 Å². The van der Waals surface area contributed by atoms with E-state index in [4.69, 9.17) is 0 Å². The number of benzene rings is 2. The SMILES string of the molecule is CCC[C@H](CC(=O)NCC(C)C)c1ncc(-c2ccc(-c3ccc(-c4cnc([C@H](CCC(F)(F)F)CC(=O)NCC(C)C)[nH]4)cc3)cc2)[nH]1. The molecule has 0 spiro atoms. The molecular weight excluding hydrogens is 629 g/mol. The summed E-state index contributed by atoms with van der Waals surface area (Å²) >= 11 is 0. The van der Waals surface area contributed by atoms with Gasteiger partial charge in [-0.3, -0.25) is 9.59 Å². The average molecular weight is 679 g/mol. The normalized spacial score (nSPS) is 13.1. The van der Waals surface area contributed by atoms with E-state index < -0.39 is 18.5 Å². The van der Waals surface area contributed by atoms with Gasteiger partial charge in [0, 0.05) is 44.2 Å². The molecule has 2 amide bonds. The number of alkyl halides is 3. The molecule has 4 aromatic rings. The summed E-state index contributed by atoms with van der Waals surface area (Å²) in [7, 11) is 0. The van der Waals surface area contributed by atoms with Gasteiger partial charge in [-0.2, -0.15) is 13.2 Å². The van der Waals surface area contributed by atoms with Gasteiger partial charge in [0.25, 0.3) is 0 Å². The highest BCUT2D eigenvalue weighted by atomic mass is 19.4. The molecule has 0 aliphatic carbocycles. The lowest BCUT2D eigenvalue weighted by Crippen LogP contribution is -2.29. The van der Waals surface area contributed by atoms with Gasteiger partial charge >= 0.3 is 6.18 Å². The number of imidazole rings is 2. The van der Waals surface area contributed by atoms with Gasteiger partial charge in [-0.05, 0) is 46.9 Å². The van der Waals surface area contributed by atoms with Crippen LogP contribution in [0.1, 0.15) is 96.6 Å². The summed E-state index contributed by atoms with van der Waals surface area (Å²) in [6.45, 7) is 11.3. The van der Waals surface area contributed by atoms with Crippen LogP contribution in [0.15, 0.2) is 60.9 Å². The van der Waals surface area contributed by atoms with E-state index >= 15 is 0 Å². The van der Waals surface area contributed by atoms with Crippen molar-refractivity contribution in [1.82, 2.24) is 30.6 Å². The van der Waals surface area contributed by atoms with E-state index in [1.165, 1.54) is 0 Å². The Bertz CT molecular complexity index is 1620. The predicted octanol–water partition coefficient (Wildman–Crippen LogP) is 8.77. The molecule has 0 bridgehead atoms. The molecular formula is C38H49F3N6O2. The molecule has 0 saturated heterocycles. The summed E-state index contributed by atoms with van der Waals surface area (Å²) < 4.78 is 39.2. The third-order valence-electron chi connectivity index (χ3n) is 8.38. The Labute approximate surface area is 287 Å². The van der Waals surface area contributed by atoms with Gasteiger partial charge in [-0.1, -0.05) is 89.6 Å². The predicted molar refractivity (Wildman–Crippen MR) is 188 cm³/mol. The van der Waals surface area contributed by atoms with Crippen LogP contribution in [-0.4, -0.2) is 51.0 Å². The van der Waals surface area contributed by atoms with Crippen LogP contribution >= 0.6 is 0 Å². The summed E-state index contributed by atoms with van der Waals surface area (Å²) in [5, 5.41) is 5.80. The second-order valence-electron chi connectivity index (χ2n) is 13.7. The maximum atomic E-state index is 13.1. The Morgan fingerprint density at radius 3 is 1.43 bits per heavy atom.